The Kier molecular flexibility index (Phi) is 15.9. The second kappa shape index (κ2) is 15.5. The minimum atomic E-state index is -1.86. The molecule has 26 heavy (non-hydrogen) atoms. The number of hydrogen-bond acceptors (Lipinski definition) is 1. The van der Waals surface area contributed by atoms with E-state index in [-0.39, 0.29) is 24.8 Å². The molecule has 0 spiro atoms. The van der Waals surface area contributed by atoms with Crippen LogP contribution in [0.2, 0.25) is 13.1 Å². The van der Waals surface area contributed by atoms with Gasteiger partial charge in [-0.25, -0.2) is 0 Å². The third-order valence-electron chi connectivity index (χ3n) is 5.43. The Morgan fingerprint density at radius 3 is 1.88 bits per heavy atom. The number of halogens is 2. The minimum Gasteiger partial charge on any atom is -1.00 e. The maximum atomic E-state index is 13.0. The van der Waals surface area contributed by atoms with E-state index < -0.39 is 27.1 Å². The molecule has 0 aromatic carbocycles. The van der Waals surface area contributed by atoms with Crippen molar-refractivity contribution in [1.82, 2.24) is 3.26 Å². The summed E-state index contributed by atoms with van der Waals surface area (Å²) in [6, 6.07) is 0. The fraction of sp³-hybridized carbons (Fsp3) is 0.750. The monoisotopic (exact) mass is 494 g/mol. The van der Waals surface area contributed by atoms with Gasteiger partial charge in [-0.05, 0) is 0 Å². The van der Waals surface area contributed by atoms with Gasteiger partial charge in [-0.3, -0.25) is 0 Å². The molecule has 1 amide bonds. The molecule has 1 saturated carbocycles. The molecule has 0 aromatic rings. The number of amides is 1. The standard InChI is InChI=1S/C13H25NO.C5H5.C2H7Si.2ClH.Zr/c14-13(15)12-10-8-6-4-2-1-3-5-7-9-11-12;1-2-4-5-3-1;1-3-2;;;/h12H,1-11H2,(H2,14,15);1-3H,4H2;3H,1-2H3;2*1H;/q;;;;;+3/p-3. The zero-order chi connectivity index (χ0) is 17.2. The predicted molar refractivity (Wildman–Crippen MR) is 103 cm³/mol. The Hall–Kier alpha value is 0.630. The Labute approximate surface area is 182 Å². The van der Waals surface area contributed by atoms with Gasteiger partial charge in [0.25, 0.3) is 0 Å². The Balaban J connectivity index is 0.00000312. The summed E-state index contributed by atoms with van der Waals surface area (Å²) in [5, 5.41) is 0. The van der Waals surface area contributed by atoms with Gasteiger partial charge in [-0.1, -0.05) is 0 Å². The predicted octanol–water partition coefficient (Wildman–Crippen LogP) is -0.608. The molecule has 1 N–H and O–H groups in total. The van der Waals surface area contributed by atoms with Crippen molar-refractivity contribution in [1.29, 1.82) is 0 Å². The van der Waals surface area contributed by atoms with Crippen LogP contribution in [-0.4, -0.2) is 11.8 Å². The van der Waals surface area contributed by atoms with Crippen molar-refractivity contribution in [2.75, 3.05) is 0 Å². The van der Waals surface area contributed by atoms with Crippen LogP contribution in [0.1, 0.15) is 77.0 Å². The van der Waals surface area contributed by atoms with Gasteiger partial charge in [0.2, 0.25) is 0 Å². The van der Waals surface area contributed by atoms with Crippen LogP contribution < -0.4 is 28.1 Å². The topological polar surface area (TPSA) is 29.1 Å². The SMILES string of the molecule is C[SiH](C)[Zr+2]([NH]C(=O)C1CCCCCCCCCCC1)[C]1=CC=CC1.[Cl-].[Cl-]. The number of nitrogens with one attached hydrogen (secondary N) is 1. The summed E-state index contributed by atoms with van der Waals surface area (Å²) in [6.45, 7) is 4.88. The van der Waals surface area contributed by atoms with E-state index in [1.54, 1.807) is 3.28 Å². The first kappa shape index (κ1) is 26.6. The maximum Gasteiger partial charge on any atom is -1.00 e. The quantitative estimate of drug-likeness (QED) is 0.517. The molecule has 2 nitrogen and oxygen atoms in total. The molecule has 0 heterocycles. The molecule has 0 saturated heterocycles. The number of carbonyl (C=O) groups excluding carboxylic acids is 1. The minimum absolute atomic E-state index is 0. The summed E-state index contributed by atoms with van der Waals surface area (Å²) in [6.07, 6.45) is 22.2. The van der Waals surface area contributed by atoms with E-state index in [2.05, 4.69) is 34.6 Å². The van der Waals surface area contributed by atoms with Crippen molar-refractivity contribution >= 4 is 11.8 Å². The van der Waals surface area contributed by atoms with E-state index >= 15 is 0 Å². The molecule has 0 aromatic heterocycles. The van der Waals surface area contributed by atoms with E-state index in [1.165, 1.54) is 57.8 Å². The van der Waals surface area contributed by atoms with Crippen molar-refractivity contribution in [2.45, 2.75) is 90.1 Å². The van der Waals surface area contributed by atoms with Crippen molar-refractivity contribution in [3.05, 3.63) is 21.5 Å². The zero-order valence-electron chi connectivity index (χ0n) is 16.5. The molecule has 1 fully saturated rings. The van der Waals surface area contributed by atoms with Gasteiger partial charge >= 0.3 is 159 Å². The van der Waals surface area contributed by atoms with Crippen LogP contribution in [0.3, 0.4) is 0 Å². The summed E-state index contributed by atoms with van der Waals surface area (Å²) in [7, 11) is 0. The first-order chi connectivity index (χ1) is 11.7. The average Bonchev–Trinajstić information content (AvgIpc) is 3.06. The van der Waals surface area contributed by atoms with Crippen LogP contribution in [0.4, 0.5) is 0 Å². The molecule has 6 heteroatoms. The number of hydrogen-bond donors (Lipinski definition) is 1. The summed E-state index contributed by atoms with van der Waals surface area (Å²) in [4.78, 5) is 13.0. The van der Waals surface area contributed by atoms with Crippen LogP contribution in [-0.2, 0) is 26.0 Å². The Morgan fingerprint density at radius 1 is 0.962 bits per heavy atom. The molecule has 0 radical (unpaired) electrons. The first-order valence-electron chi connectivity index (χ1n) is 10.2. The second-order valence-electron chi connectivity index (χ2n) is 7.84. The molecule has 0 atom stereocenters. The van der Waals surface area contributed by atoms with Crippen molar-refractivity contribution < 1.29 is 50.8 Å². The molecule has 2 rings (SSSR count). The third kappa shape index (κ3) is 9.71. The van der Waals surface area contributed by atoms with E-state index in [4.69, 9.17) is 0 Å². The smallest absolute Gasteiger partial charge is 1.00 e. The van der Waals surface area contributed by atoms with Gasteiger partial charge in [0, 0.05) is 0 Å². The maximum absolute atomic E-state index is 13.0. The largest absolute Gasteiger partial charge is 1.00 e. The Morgan fingerprint density at radius 2 is 1.46 bits per heavy atom. The fourth-order valence-electron chi connectivity index (χ4n) is 3.90. The van der Waals surface area contributed by atoms with Crippen LogP contribution in [0.5, 0.6) is 0 Å². The van der Waals surface area contributed by atoms with Crippen LogP contribution in [0.25, 0.3) is 0 Å². The zero-order valence-corrected chi connectivity index (χ0v) is 21.7. The van der Waals surface area contributed by atoms with E-state index in [0.717, 1.165) is 19.3 Å². The molecule has 0 unspecified atom stereocenters. The van der Waals surface area contributed by atoms with Gasteiger partial charge in [0.05, 0.1) is 0 Å². The molecular formula is C20H36Cl2NOSiZr. The van der Waals surface area contributed by atoms with Crippen LogP contribution in [0.15, 0.2) is 21.5 Å². The normalized spacial score (nSPS) is 19.4. The van der Waals surface area contributed by atoms with Crippen LogP contribution >= 0.6 is 0 Å². The van der Waals surface area contributed by atoms with Crippen molar-refractivity contribution in [3.8, 4) is 0 Å². The molecule has 149 valence electrons. The second-order valence-corrected chi connectivity index (χ2v) is 26.3. The molecular weight excluding hydrogens is 460 g/mol. The van der Waals surface area contributed by atoms with Gasteiger partial charge in [-0.2, -0.15) is 0 Å². The first-order valence-corrected chi connectivity index (χ1v) is 19.8. The van der Waals surface area contributed by atoms with E-state index in [9.17, 15) is 4.79 Å². The molecule has 2 aliphatic carbocycles. The summed E-state index contributed by atoms with van der Waals surface area (Å²) < 4.78 is 5.28. The van der Waals surface area contributed by atoms with Crippen molar-refractivity contribution in [3.63, 3.8) is 0 Å². The number of carbonyl (C=O) groups is 1. The fourth-order valence-corrected chi connectivity index (χ4v) is 17.7. The molecule has 2 aliphatic rings. The summed E-state index contributed by atoms with van der Waals surface area (Å²) in [5.74, 6) is -0.0215. The van der Waals surface area contributed by atoms with Gasteiger partial charge in [0.15, 0.2) is 0 Å². The van der Waals surface area contributed by atoms with Crippen molar-refractivity contribution in [2.24, 2.45) is 5.92 Å². The van der Waals surface area contributed by atoms with E-state index in [1.807, 2.05) is 0 Å². The van der Waals surface area contributed by atoms with Gasteiger partial charge < -0.3 is 24.8 Å². The molecule has 0 aliphatic heterocycles. The number of rotatable bonds is 4. The van der Waals surface area contributed by atoms with E-state index in [0.29, 0.717) is 11.8 Å². The van der Waals surface area contributed by atoms with Gasteiger partial charge in [0.1, 0.15) is 0 Å². The summed E-state index contributed by atoms with van der Waals surface area (Å²) in [5.41, 5.74) is 0. The Bertz CT molecular complexity index is 445. The number of allylic oxidation sites excluding steroid dienone is 4. The van der Waals surface area contributed by atoms with Gasteiger partial charge in [-0.15, -0.1) is 0 Å². The summed E-state index contributed by atoms with van der Waals surface area (Å²) >= 11 is -1.86. The average molecular weight is 497 g/mol. The third-order valence-corrected chi connectivity index (χ3v) is 22.0. The molecule has 0 bridgehead atoms. The van der Waals surface area contributed by atoms with Crippen LogP contribution in [0, 0.1) is 5.92 Å².